The van der Waals surface area contributed by atoms with Crippen molar-refractivity contribution in [3.63, 3.8) is 0 Å². The molecule has 0 saturated heterocycles. The molecule has 0 unspecified atom stereocenters. The number of carbonyl (C=O) groups is 2. The van der Waals surface area contributed by atoms with E-state index < -0.39 is 5.97 Å². The van der Waals surface area contributed by atoms with Crippen molar-refractivity contribution in [3.05, 3.63) is 70.2 Å². The zero-order valence-electron chi connectivity index (χ0n) is 9.22. The fourth-order valence-corrected chi connectivity index (χ4v) is 1.65. The molecule has 0 aliphatic heterocycles. The van der Waals surface area contributed by atoms with Gasteiger partial charge in [-0.2, -0.15) is 0 Å². The highest BCUT2D eigenvalue weighted by Crippen LogP contribution is 2.14. The van der Waals surface area contributed by atoms with Crippen LogP contribution in [0, 0.1) is 0 Å². The number of carbonyl (C=O) groups excluding carboxylic acids is 2. The molecule has 0 aliphatic rings. The van der Waals surface area contributed by atoms with Gasteiger partial charge in [0.1, 0.15) is 0 Å². The van der Waals surface area contributed by atoms with Crippen molar-refractivity contribution in [2.24, 2.45) is 0 Å². The molecule has 0 aliphatic carbocycles. The Hall–Kier alpha value is -2.13. The number of hydrogen-bond acceptors (Lipinski definition) is 3. The summed E-state index contributed by atoms with van der Waals surface area (Å²) in [6.07, 6.45) is 0. The van der Waals surface area contributed by atoms with Crippen molar-refractivity contribution >= 4 is 23.4 Å². The molecule has 18 heavy (non-hydrogen) atoms. The van der Waals surface area contributed by atoms with E-state index in [0.29, 0.717) is 16.1 Å². The van der Waals surface area contributed by atoms with E-state index in [0.717, 1.165) is 0 Å². The van der Waals surface area contributed by atoms with Crippen molar-refractivity contribution in [2.45, 2.75) is 0 Å². The number of aromatic carboxylic acids is 1. The third kappa shape index (κ3) is 2.57. The minimum absolute atomic E-state index is 0.0441. The monoisotopic (exact) mass is 259 g/mol. The van der Waals surface area contributed by atoms with E-state index in [9.17, 15) is 14.7 Å². The number of carboxylic acid groups (broad SMARTS) is 1. The molecule has 0 radical (unpaired) electrons. The summed E-state index contributed by atoms with van der Waals surface area (Å²) in [5.74, 6) is -1.45. The second kappa shape index (κ2) is 5.02. The number of hydrogen-bond donors (Lipinski definition) is 0. The molecule has 2 aromatic rings. The van der Waals surface area contributed by atoms with E-state index in [-0.39, 0.29) is 11.3 Å². The summed E-state index contributed by atoms with van der Waals surface area (Å²) in [6.45, 7) is 0. The largest absolute Gasteiger partial charge is 0.545 e. The molecule has 0 spiro atoms. The molecule has 0 fully saturated rings. The zero-order chi connectivity index (χ0) is 13.1. The zero-order valence-corrected chi connectivity index (χ0v) is 9.98. The molecule has 0 amide bonds. The van der Waals surface area contributed by atoms with Gasteiger partial charge in [-0.15, -0.1) is 0 Å². The van der Waals surface area contributed by atoms with Crippen molar-refractivity contribution in [1.82, 2.24) is 0 Å². The van der Waals surface area contributed by atoms with Gasteiger partial charge < -0.3 is 9.90 Å². The number of rotatable bonds is 3. The lowest BCUT2D eigenvalue weighted by Crippen LogP contribution is -2.22. The lowest BCUT2D eigenvalue weighted by Gasteiger charge is -2.04. The van der Waals surface area contributed by atoms with Crippen molar-refractivity contribution < 1.29 is 14.7 Å². The van der Waals surface area contributed by atoms with Crippen LogP contribution in [0.4, 0.5) is 0 Å². The first-order valence-corrected chi connectivity index (χ1v) is 5.57. The molecule has 0 heterocycles. The summed E-state index contributed by atoms with van der Waals surface area (Å²) in [7, 11) is 0. The van der Waals surface area contributed by atoms with Gasteiger partial charge in [0, 0.05) is 16.1 Å². The molecule has 0 bridgehead atoms. The SMILES string of the molecule is O=C([O-])c1ccc(C(=O)c2ccc(Cl)cc2)cc1. The van der Waals surface area contributed by atoms with Gasteiger partial charge in [0.15, 0.2) is 5.78 Å². The molecule has 0 N–H and O–H groups in total. The molecule has 0 aromatic heterocycles. The first-order valence-electron chi connectivity index (χ1n) is 5.19. The minimum Gasteiger partial charge on any atom is -0.545 e. The van der Waals surface area contributed by atoms with Gasteiger partial charge in [-0.1, -0.05) is 35.9 Å². The smallest absolute Gasteiger partial charge is 0.193 e. The van der Waals surface area contributed by atoms with Crippen LogP contribution < -0.4 is 5.11 Å². The van der Waals surface area contributed by atoms with Gasteiger partial charge in [0.25, 0.3) is 0 Å². The molecule has 2 aromatic carbocycles. The lowest BCUT2D eigenvalue weighted by molar-refractivity contribution is -0.255. The van der Waals surface area contributed by atoms with E-state index in [1.165, 1.54) is 24.3 Å². The number of ketones is 1. The summed E-state index contributed by atoms with van der Waals surface area (Å²) in [5, 5.41) is 11.1. The van der Waals surface area contributed by atoms with Gasteiger partial charge in [0.2, 0.25) is 0 Å². The van der Waals surface area contributed by atoms with E-state index in [4.69, 9.17) is 11.6 Å². The maximum Gasteiger partial charge on any atom is 0.193 e. The number of halogens is 1. The highest BCUT2D eigenvalue weighted by atomic mass is 35.5. The van der Waals surface area contributed by atoms with Crippen LogP contribution in [0.25, 0.3) is 0 Å². The first kappa shape index (κ1) is 12.3. The second-order valence-electron chi connectivity index (χ2n) is 3.70. The number of carboxylic acids is 1. The normalized spacial score (nSPS) is 10.1. The van der Waals surface area contributed by atoms with Gasteiger partial charge in [-0.25, -0.2) is 0 Å². The Morgan fingerprint density at radius 3 is 1.61 bits per heavy atom. The van der Waals surface area contributed by atoms with Crippen LogP contribution in [0.5, 0.6) is 0 Å². The van der Waals surface area contributed by atoms with E-state index in [1.807, 2.05) is 0 Å². The Balaban J connectivity index is 2.28. The molecular weight excluding hydrogens is 252 g/mol. The van der Waals surface area contributed by atoms with Gasteiger partial charge >= 0.3 is 0 Å². The van der Waals surface area contributed by atoms with Gasteiger partial charge in [-0.3, -0.25) is 4.79 Å². The maximum absolute atomic E-state index is 12.0. The fraction of sp³-hybridized carbons (Fsp3) is 0. The van der Waals surface area contributed by atoms with Crippen LogP contribution in [-0.2, 0) is 0 Å². The highest BCUT2D eigenvalue weighted by molar-refractivity contribution is 6.30. The Labute approximate surface area is 109 Å². The summed E-state index contributed by atoms with van der Waals surface area (Å²) < 4.78 is 0. The number of benzene rings is 2. The Kier molecular flexibility index (Phi) is 3.44. The quantitative estimate of drug-likeness (QED) is 0.792. The summed E-state index contributed by atoms with van der Waals surface area (Å²) in [4.78, 5) is 22.6. The highest BCUT2D eigenvalue weighted by Gasteiger charge is 2.08. The minimum atomic E-state index is -1.26. The maximum atomic E-state index is 12.0. The standard InChI is InChI=1S/C14H9ClO3/c15-12-7-5-10(6-8-12)13(16)9-1-3-11(4-2-9)14(17)18/h1-8H,(H,17,18)/p-1. The van der Waals surface area contributed by atoms with Crippen LogP contribution in [0.3, 0.4) is 0 Å². The Morgan fingerprint density at radius 2 is 1.17 bits per heavy atom. The van der Waals surface area contributed by atoms with Crippen molar-refractivity contribution in [1.29, 1.82) is 0 Å². The topological polar surface area (TPSA) is 57.2 Å². The lowest BCUT2D eigenvalue weighted by atomic mass is 10.0. The van der Waals surface area contributed by atoms with Crippen molar-refractivity contribution in [3.8, 4) is 0 Å². The van der Waals surface area contributed by atoms with Crippen molar-refractivity contribution in [2.75, 3.05) is 0 Å². The van der Waals surface area contributed by atoms with E-state index in [2.05, 4.69) is 0 Å². The van der Waals surface area contributed by atoms with E-state index in [1.54, 1.807) is 24.3 Å². The first-order chi connectivity index (χ1) is 8.58. The Morgan fingerprint density at radius 1 is 0.778 bits per heavy atom. The van der Waals surface area contributed by atoms with Crippen LogP contribution >= 0.6 is 11.6 Å². The third-order valence-electron chi connectivity index (χ3n) is 2.49. The summed E-state index contributed by atoms with van der Waals surface area (Å²) in [5.41, 5.74) is 0.963. The average Bonchev–Trinajstić information content (AvgIpc) is 2.39. The van der Waals surface area contributed by atoms with Crippen LogP contribution in [0.15, 0.2) is 48.5 Å². The summed E-state index contributed by atoms with van der Waals surface area (Å²) in [6, 6.07) is 12.1. The predicted octanol–water partition coefficient (Wildman–Crippen LogP) is 1.93. The van der Waals surface area contributed by atoms with Crippen LogP contribution in [-0.4, -0.2) is 11.8 Å². The second-order valence-corrected chi connectivity index (χ2v) is 4.14. The molecule has 2 rings (SSSR count). The molecule has 0 atom stereocenters. The van der Waals surface area contributed by atoms with Crippen LogP contribution in [0.2, 0.25) is 5.02 Å². The van der Waals surface area contributed by atoms with Crippen LogP contribution in [0.1, 0.15) is 26.3 Å². The third-order valence-corrected chi connectivity index (χ3v) is 2.74. The molecular formula is C14H8ClO3-. The molecule has 0 saturated carbocycles. The molecule has 90 valence electrons. The summed E-state index contributed by atoms with van der Waals surface area (Å²) >= 11 is 5.73. The molecule has 3 nitrogen and oxygen atoms in total. The molecule has 4 heteroatoms. The predicted molar refractivity (Wildman–Crippen MR) is 65.7 cm³/mol. The van der Waals surface area contributed by atoms with Gasteiger partial charge in [0.05, 0.1) is 5.97 Å². The van der Waals surface area contributed by atoms with E-state index >= 15 is 0 Å². The van der Waals surface area contributed by atoms with Gasteiger partial charge in [-0.05, 0) is 29.8 Å². The fourth-order valence-electron chi connectivity index (χ4n) is 1.53. The average molecular weight is 260 g/mol. The Bertz CT molecular complexity index is 585.